The summed E-state index contributed by atoms with van der Waals surface area (Å²) in [7, 11) is -0.685. The van der Waals surface area contributed by atoms with Gasteiger partial charge in [-0.2, -0.15) is 0 Å². The summed E-state index contributed by atoms with van der Waals surface area (Å²) in [6, 6.07) is 19.7. The molecule has 1 fully saturated rings. The van der Waals surface area contributed by atoms with Crippen LogP contribution in [0.15, 0.2) is 84.0 Å². The van der Waals surface area contributed by atoms with Crippen molar-refractivity contribution in [2.75, 3.05) is 37.5 Å². The number of halogens is 2. The Morgan fingerprint density at radius 2 is 1.57 bits per heavy atom. The van der Waals surface area contributed by atoms with E-state index in [2.05, 4.69) is 27.0 Å². The van der Waals surface area contributed by atoms with Crippen LogP contribution in [0.5, 0.6) is 17.5 Å². The molecular weight excluding hydrogens is 687 g/mol. The van der Waals surface area contributed by atoms with Crippen LogP contribution in [0.4, 0.5) is 5.69 Å². The first-order chi connectivity index (χ1) is 23.4. The number of sulfonamides is 1. The zero-order chi connectivity index (χ0) is 34.9. The predicted octanol–water partition coefficient (Wildman–Crippen LogP) is 6.64. The summed E-state index contributed by atoms with van der Waals surface area (Å²) < 4.78 is 40.8. The summed E-state index contributed by atoms with van der Waals surface area (Å²) in [4.78, 5) is 26.3. The number of carbonyl (C=O) groups excluding carboxylic acids is 1. The summed E-state index contributed by atoms with van der Waals surface area (Å²) in [6.07, 6.45) is 2.85. The topological polar surface area (TPSA) is 110 Å². The molecule has 1 aliphatic heterocycles. The highest BCUT2D eigenvalue weighted by Gasteiger charge is 2.26. The van der Waals surface area contributed by atoms with E-state index in [1.54, 1.807) is 6.07 Å². The Labute approximate surface area is 295 Å². The van der Waals surface area contributed by atoms with Crippen molar-refractivity contribution in [3.05, 3.63) is 100 Å². The van der Waals surface area contributed by atoms with Crippen LogP contribution in [0.3, 0.4) is 0 Å². The number of piperazine rings is 1. The lowest BCUT2D eigenvalue weighted by Crippen LogP contribution is -2.48. The molecule has 0 unspecified atom stereocenters. The second-order valence-electron chi connectivity index (χ2n) is 12.1. The van der Waals surface area contributed by atoms with E-state index in [0.717, 1.165) is 40.6 Å². The van der Waals surface area contributed by atoms with E-state index < -0.39 is 10.0 Å². The van der Waals surface area contributed by atoms with Gasteiger partial charge >= 0.3 is 6.01 Å². The van der Waals surface area contributed by atoms with Crippen LogP contribution in [0.25, 0.3) is 10.9 Å². The fourth-order valence-electron chi connectivity index (χ4n) is 5.62. The molecule has 1 amide bonds. The molecule has 1 saturated heterocycles. The number of hydrogen-bond donors (Lipinski definition) is 0. The molecule has 0 bridgehead atoms. The number of benzene rings is 3. The third-order valence-corrected chi connectivity index (χ3v) is 10.9. The van der Waals surface area contributed by atoms with Gasteiger partial charge in [0.2, 0.25) is 0 Å². The number of amides is 1. The molecule has 5 aromatic rings. The quantitative estimate of drug-likeness (QED) is 0.158. The summed E-state index contributed by atoms with van der Waals surface area (Å²) in [5.41, 5.74) is 2.84. The Balaban J connectivity index is 1.08. The summed E-state index contributed by atoms with van der Waals surface area (Å²) in [5, 5.41) is 1.28. The van der Waals surface area contributed by atoms with Crippen LogP contribution < -0.4 is 13.8 Å². The van der Waals surface area contributed by atoms with E-state index in [1.807, 2.05) is 60.7 Å². The number of hydrogen-bond acceptors (Lipinski definition) is 8. The van der Waals surface area contributed by atoms with E-state index in [9.17, 15) is 13.2 Å². The third-order valence-electron chi connectivity index (χ3n) is 8.33. The first-order valence-electron chi connectivity index (χ1n) is 15.7. The van der Waals surface area contributed by atoms with Crippen molar-refractivity contribution in [3.63, 3.8) is 0 Å². The van der Waals surface area contributed by atoms with E-state index in [-0.39, 0.29) is 38.6 Å². The predicted molar refractivity (Wildman–Crippen MR) is 190 cm³/mol. The number of anilines is 1. The summed E-state index contributed by atoms with van der Waals surface area (Å²) in [6.45, 7) is 7.69. The molecule has 256 valence electrons. The molecule has 0 aliphatic carbocycles. The van der Waals surface area contributed by atoms with Crippen molar-refractivity contribution in [1.29, 1.82) is 0 Å². The molecule has 0 radical (unpaired) electrons. The molecule has 0 saturated carbocycles. The first kappa shape index (κ1) is 34.5. The monoisotopic (exact) mass is 722 g/mol. The minimum absolute atomic E-state index is 0.0180. The number of fused-ring (bicyclic) bond motifs is 1. The lowest BCUT2D eigenvalue weighted by atomic mass is 10.2. The molecule has 0 atom stereocenters. The largest absolute Gasteiger partial charge is 0.491 e. The van der Waals surface area contributed by atoms with Crippen molar-refractivity contribution in [2.45, 2.75) is 31.4 Å². The van der Waals surface area contributed by atoms with Gasteiger partial charge in [0.05, 0.1) is 44.6 Å². The average molecular weight is 724 g/mol. The van der Waals surface area contributed by atoms with Crippen molar-refractivity contribution in [3.8, 4) is 17.5 Å². The normalized spacial score (nSPS) is 14.0. The van der Waals surface area contributed by atoms with Gasteiger partial charge in [-0.15, -0.1) is 0 Å². The highest BCUT2D eigenvalue weighted by atomic mass is 35.5. The summed E-state index contributed by atoms with van der Waals surface area (Å²) in [5.74, 6) is 1.32. The molecule has 1 aliphatic rings. The Bertz CT molecular complexity index is 2080. The lowest BCUT2D eigenvalue weighted by Gasteiger charge is -2.34. The zero-order valence-electron chi connectivity index (χ0n) is 27.5. The fourth-order valence-corrected chi connectivity index (χ4v) is 7.18. The Kier molecular flexibility index (Phi) is 10.0. The average Bonchev–Trinajstić information content (AvgIpc) is 3.42. The zero-order valence-corrected chi connectivity index (χ0v) is 29.8. The molecule has 3 heterocycles. The Morgan fingerprint density at radius 3 is 2.22 bits per heavy atom. The molecule has 0 spiro atoms. The standard InChI is InChI=1S/C35H36Cl2N6O5S/c1-23(2)47-27-8-5-24(6-9-27)22-42-13-15-43(16-14-42)34(44)33-17-25-7-10-28(18-32(25)40(33)3)48-35-38-20-26(21-39-35)41(4)49(45,46)29-11-12-30(36)31(37)19-29/h5-12,17-21,23H,13-16,22H2,1-4H3. The molecular formula is C35H36Cl2N6O5S. The van der Waals surface area contributed by atoms with Crippen LogP contribution in [-0.4, -0.2) is 78.0 Å². The van der Waals surface area contributed by atoms with Crippen molar-refractivity contribution in [1.82, 2.24) is 24.3 Å². The van der Waals surface area contributed by atoms with Crippen LogP contribution in [0.1, 0.15) is 29.9 Å². The third kappa shape index (κ3) is 7.62. The maximum atomic E-state index is 13.6. The minimum Gasteiger partial charge on any atom is -0.491 e. The minimum atomic E-state index is -3.94. The van der Waals surface area contributed by atoms with Crippen LogP contribution in [-0.2, 0) is 23.6 Å². The molecule has 14 heteroatoms. The van der Waals surface area contributed by atoms with Gasteiger partial charge in [0, 0.05) is 58.3 Å². The van der Waals surface area contributed by atoms with Crippen LogP contribution >= 0.6 is 23.2 Å². The Morgan fingerprint density at radius 1 is 0.898 bits per heavy atom. The molecule has 11 nitrogen and oxygen atoms in total. The highest BCUT2D eigenvalue weighted by Crippen LogP contribution is 2.30. The van der Waals surface area contributed by atoms with Gasteiger partial charge in [-0.05, 0) is 67.9 Å². The lowest BCUT2D eigenvalue weighted by molar-refractivity contribution is 0.0619. The number of ether oxygens (including phenoxy) is 2. The van der Waals surface area contributed by atoms with Gasteiger partial charge in [0.15, 0.2) is 0 Å². The smallest absolute Gasteiger partial charge is 0.322 e. The number of aromatic nitrogens is 3. The van der Waals surface area contributed by atoms with Crippen molar-refractivity contribution >= 4 is 55.7 Å². The van der Waals surface area contributed by atoms with E-state index >= 15 is 0 Å². The highest BCUT2D eigenvalue weighted by molar-refractivity contribution is 7.92. The molecule has 6 rings (SSSR count). The van der Waals surface area contributed by atoms with Crippen LogP contribution in [0, 0.1) is 0 Å². The Hall–Kier alpha value is -4.36. The SMILES string of the molecule is CC(C)Oc1ccc(CN2CCN(C(=O)c3cc4ccc(Oc5ncc(N(C)S(=O)(=O)c6ccc(Cl)c(Cl)c6)cn5)cc4n3C)CC2)cc1. The van der Waals surface area contributed by atoms with E-state index in [0.29, 0.717) is 24.5 Å². The van der Waals surface area contributed by atoms with Crippen LogP contribution in [0.2, 0.25) is 10.0 Å². The second-order valence-corrected chi connectivity index (χ2v) is 14.8. The van der Waals surface area contributed by atoms with Gasteiger partial charge in [-0.25, -0.2) is 18.4 Å². The maximum Gasteiger partial charge on any atom is 0.322 e. The van der Waals surface area contributed by atoms with E-state index in [4.69, 9.17) is 32.7 Å². The molecule has 0 N–H and O–H groups in total. The molecule has 3 aromatic carbocycles. The van der Waals surface area contributed by atoms with Gasteiger partial charge in [0.1, 0.15) is 17.2 Å². The van der Waals surface area contributed by atoms with E-state index in [1.165, 1.54) is 43.2 Å². The molecule has 2 aromatic heterocycles. The second kappa shape index (κ2) is 14.2. The molecule has 49 heavy (non-hydrogen) atoms. The summed E-state index contributed by atoms with van der Waals surface area (Å²) >= 11 is 12.0. The van der Waals surface area contributed by atoms with Gasteiger partial charge < -0.3 is 18.9 Å². The number of nitrogens with zero attached hydrogens (tertiary/aromatic N) is 6. The maximum absolute atomic E-state index is 13.6. The van der Waals surface area contributed by atoms with Gasteiger partial charge in [-0.3, -0.25) is 14.0 Å². The number of carbonyl (C=O) groups is 1. The number of aryl methyl sites for hydroxylation is 1. The van der Waals surface area contributed by atoms with Crippen molar-refractivity contribution < 1.29 is 22.7 Å². The number of rotatable bonds is 10. The van der Waals surface area contributed by atoms with Gasteiger partial charge in [0.25, 0.3) is 15.9 Å². The fraction of sp³-hybridized carbons (Fsp3) is 0.286. The van der Waals surface area contributed by atoms with Crippen molar-refractivity contribution in [2.24, 2.45) is 7.05 Å². The first-order valence-corrected chi connectivity index (χ1v) is 17.9. The van der Waals surface area contributed by atoms with Gasteiger partial charge in [-0.1, -0.05) is 35.3 Å².